The van der Waals surface area contributed by atoms with E-state index in [0.717, 1.165) is 5.56 Å². The van der Waals surface area contributed by atoms with E-state index in [2.05, 4.69) is 10.3 Å². The van der Waals surface area contributed by atoms with Crippen LogP contribution in [-0.4, -0.2) is 15.5 Å². The quantitative estimate of drug-likeness (QED) is 0.784. The van der Waals surface area contributed by atoms with Crippen molar-refractivity contribution in [2.24, 2.45) is 7.05 Å². The third kappa shape index (κ3) is 3.46. The Morgan fingerprint density at radius 1 is 1.17 bits per heavy atom. The number of aromatic nitrogens is 2. The van der Waals surface area contributed by atoms with Gasteiger partial charge in [-0.05, 0) is 42.0 Å². The summed E-state index contributed by atoms with van der Waals surface area (Å²) in [5, 5.41) is 3.50. The minimum absolute atomic E-state index is 0.260. The highest BCUT2D eigenvalue weighted by atomic mass is 35.5. The number of benzene rings is 2. The zero-order chi connectivity index (χ0) is 17.1. The lowest BCUT2D eigenvalue weighted by atomic mass is 10.1. The Kier molecular flexibility index (Phi) is 4.62. The summed E-state index contributed by atoms with van der Waals surface area (Å²) in [6, 6.07) is 12.1. The molecule has 0 spiro atoms. The fourth-order valence-corrected chi connectivity index (χ4v) is 2.55. The second-order valence-electron chi connectivity index (χ2n) is 5.36. The molecule has 6 heteroatoms. The normalized spacial score (nSPS) is 12.0. The van der Waals surface area contributed by atoms with Crippen LogP contribution in [0.15, 0.2) is 60.9 Å². The molecule has 0 saturated carbocycles. The van der Waals surface area contributed by atoms with E-state index in [-0.39, 0.29) is 11.7 Å². The molecule has 0 aliphatic carbocycles. The highest BCUT2D eigenvalue weighted by molar-refractivity contribution is 6.30. The molecule has 122 valence electrons. The van der Waals surface area contributed by atoms with Gasteiger partial charge in [0.25, 0.3) is 5.91 Å². The van der Waals surface area contributed by atoms with E-state index in [1.54, 1.807) is 48.8 Å². The summed E-state index contributed by atoms with van der Waals surface area (Å²) < 4.78 is 15.0. The van der Waals surface area contributed by atoms with Crippen LogP contribution in [0.4, 0.5) is 4.39 Å². The fraction of sp³-hybridized carbons (Fsp3) is 0.111. The van der Waals surface area contributed by atoms with Crippen LogP contribution in [-0.2, 0) is 7.05 Å². The topological polar surface area (TPSA) is 46.9 Å². The van der Waals surface area contributed by atoms with Crippen molar-refractivity contribution >= 4 is 17.5 Å². The van der Waals surface area contributed by atoms with Gasteiger partial charge in [0.2, 0.25) is 0 Å². The van der Waals surface area contributed by atoms with E-state index in [4.69, 9.17) is 11.6 Å². The molecule has 0 fully saturated rings. The molecule has 1 amide bonds. The van der Waals surface area contributed by atoms with Gasteiger partial charge in [0, 0.05) is 30.0 Å². The fourth-order valence-electron chi connectivity index (χ4n) is 2.42. The third-order valence-electron chi connectivity index (χ3n) is 3.70. The van der Waals surface area contributed by atoms with E-state index in [9.17, 15) is 9.18 Å². The number of carbonyl (C=O) groups is 1. The summed E-state index contributed by atoms with van der Waals surface area (Å²) in [6.45, 7) is 0. The minimum atomic E-state index is -0.492. The van der Waals surface area contributed by atoms with Gasteiger partial charge in [0.1, 0.15) is 17.7 Å². The number of rotatable bonds is 4. The molecular formula is C18H15ClFN3O. The van der Waals surface area contributed by atoms with E-state index in [1.165, 1.54) is 12.1 Å². The van der Waals surface area contributed by atoms with E-state index < -0.39 is 6.04 Å². The van der Waals surface area contributed by atoms with Gasteiger partial charge in [-0.15, -0.1) is 0 Å². The Morgan fingerprint density at radius 3 is 2.42 bits per heavy atom. The average molecular weight is 344 g/mol. The molecule has 3 aromatic rings. The maximum absolute atomic E-state index is 13.2. The van der Waals surface area contributed by atoms with Crippen LogP contribution in [0.2, 0.25) is 5.02 Å². The van der Waals surface area contributed by atoms with Crippen molar-refractivity contribution in [3.8, 4) is 0 Å². The first-order valence-corrected chi connectivity index (χ1v) is 7.71. The smallest absolute Gasteiger partial charge is 0.252 e. The predicted octanol–water partition coefficient (Wildman–Crippen LogP) is 3.73. The maximum atomic E-state index is 13.2. The number of imidazole rings is 1. The molecule has 1 unspecified atom stereocenters. The summed E-state index contributed by atoms with van der Waals surface area (Å²) in [7, 11) is 1.84. The molecular weight excluding hydrogens is 329 g/mol. The number of nitrogens with one attached hydrogen (secondary N) is 1. The molecule has 1 heterocycles. The molecule has 24 heavy (non-hydrogen) atoms. The molecule has 2 aromatic carbocycles. The first kappa shape index (κ1) is 16.2. The monoisotopic (exact) mass is 343 g/mol. The number of hydrogen-bond acceptors (Lipinski definition) is 2. The maximum Gasteiger partial charge on any atom is 0.252 e. The van der Waals surface area contributed by atoms with Gasteiger partial charge in [-0.25, -0.2) is 9.37 Å². The highest BCUT2D eigenvalue weighted by Crippen LogP contribution is 2.21. The van der Waals surface area contributed by atoms with Crippen LogP contribution >= 0.6 is 11.6 Å². The van der Waals surface area contributed by atoms with Crippen molar-refractivity contribution in [2.45, 2.75) is 6.04 Å². The molecule has 0 saturated heterocycles. The van der Waals surface area contributed by atoms with Crippen molar-refractivity contribution in [1.29, 1.82) is 0 Å². The second kappa shape index (κ2) is 6.84. The largest absolute Gasteiger partial charge is 0.338 e. The SMILES string of the molecule is Cn1ccnc1C(NC(=O)c1ccc(Cl)cc1)c1ccc(F)cc1. The number of halogens is 2. The lowest BCUT2D eigenvalue weighted by Gasteiger charge is -2.19. The van der Waals surface area contributed by atoms with Crippen LogP contribution in [0.25, 0.3) is 0 Å². The van der Waals surface area contributed by atoms with E-state index >= 15 is 0 Å². The predicted molar refractivity (Wildman–Crippen MR) is 90.4 cm³/mol. The summed E-state index contributed by atoms with van der Waals surface area (Å²) in [6.07, 6.45) is 3.45. The minimum Gasteiger partial charge on any atom is -0.338 e. The molecule has 1 N–H and O–H groups in total. The Balaban J connectivity index is 1.93. The van der Waals surface area contributed by atoms with Crippen molar-refractivity contribution in [2.75, 3.05) is 0 Å². The number of aryl methyl sites for hydroxylation is 1. The van der Waals surface area contributed by atoms with Crippen molar-refractivity contribution in [1.82, 2.24) is 14.9 Å². The number of amides is 1. The number of nitrogens with zero attached hydrogens (tertiary/aromatic N) is 2. The lowest BCUT2D eigenvalue weighted by Crippen LogP contribution is -2.31. The van der Waals surface area contributed by atoms with Crippen LogP contribution in [0.3, 0.4) is 0 Å². The molecule has 0 radical (unpaired) electrons. The Labute approximate surface area is 143 Å². The molecule has 1 aromatic heterocycles. The second-order valence-corrected chi connectivity index (χ2v) is 5.80. The van der Waals surface area contributed by atoms with E-state index in [1.807, 2.05) is 11.6 Å². The number of carbonyl (C=O) groups excluding carboxylic acids is 1. The Bertz CT molecular complexity index is 843. The van der Waals surface area contributed by atoms with Gasteiger partial charge < -0.3 is 9.88 Å². The average Bonchev–Trinajstić information content (AvgIpc) is 3.00. The van der Waals surface area contributed by atoms with Gasteiger partial charge >= 0.3 is 0 Å². The zero-order valence-electron chi connectivity index (χ0n) is 12.9. The van der Waals surface area contributed by atoms with Gasteiger partial charge in [-0.1, -0.05) is 23.7 Å². The van der Waals surface area contributed by atoms with Gasteiger partial charge in [0.05, 0.1) is 0 Å². The van der Waals surface area contributed by atoms with E-state index in [0.29, 0.717) is 16.4 Å². The molecule has 1 atom stereocenters. The molecule has 0 bridgehead atoms. The summed E-state index contributed by atoms with van der Waals surface area (Å²) in [5.41, 5.74) is 1.23. The van der Waals surface area contributed by atoms with Crippen LogP contribution in [0.5, 0.6) is 0 Å². The zero-order valence-corrected chi connectivity index (χ0v) is 13.7. The molecule has 0 aliphatic rings. The number of hydrogen-bond donors (Lipinski definition) is 1. The van der Waals surface area contributed by atoms with Crippen LogP contribution < -0.4 is 5.32 Å². The third-order valence-corrected chi connectivity index (χ3v) is 3.95. The summed E-state index contributed by atoms with van der Waals surface area (Å²) >= 11 is 5.85. The van der Waals surface area contributed by atoms with Gasteiger partial charge in [-0.3, -0.25) is 4.79 Å². The van der Waals surface area contributed by atoms with Crippen molar-refractivity contribution in [3.05, 3.63) is 88.7 Å². The highest BCUT2D eigenvalue weighted by Gasteiger charge is 2.21. The molecule has 3 rings (SSSR count). The first-order valence-electron chi connectivity index (χ1n) is 7.34. The lowest BCUT2D eigenvalue weighted by molar-refractivity contribution is 0.0941. The first-order chi connectivity index (χ1) is 11.5. The van der Waals surface area contributed by atoms with Crippen molar-refractivity contribution in [3.63, 3.8) is 0 Å². The summed E-state index contributed by atoms with van der Waals surface area (Å²) in [5.74, 6) is 0.0641. The van der Waals surface area contributed by atoms with Gasteiger partial charge in [0.15, 0.2) is 0 Å². The Morgan fingerprint density at radius 2 is 1.83 bits per heavy atom. The molecule has 4 nitrogen and oxygen atoms in total. The van der Waals surface area contributed by atoms with Gasteiger partial charge in [-0.2, -0.15) is 0 Å². The van der Waals surface area contributed by atoms with Crippen LogP contribution in [0, 0.1) is 5.82 Å². The van der Waals surface area contributed by atoms with Crippen LogP contribution in [0.1, 0.15) is 27.8 Å². The summed E-state index contributed by atoms with van der Waals surface area (Å²) in [4.78, 5) is 16.9. The Hall–Kier alpha value is -2.66. The van der Waals surface area contributed by atoms with Crippen molar-refractivity contribution < 1.29 is 9.18 Å². The molecule has 0 aliphatic heterocycles. The standard InChI is InChI=1S/C18H15ClFN3O/c1-23-11-10-21-17(23)16(12-4-8-15(20)9-5-12)22-18(24)13-2-6-14(19)7-3-13/h2-11,16H,1H3,(H,22,24).